The number of carbonyl (C=O) groups excluding carboxylic acids is 3. The second-order valence-corrected chi connectivity index (χ2v) is 6.91. The van der Waals surface area contributed by atoms with Crippen LogP contribution in [0.25, 0.3) is 0 Å². The number of aryl methyl sites for hydroxylation is 1. The van der Waals surface area contributed by atoms with Gasteiger partial charge in [-0.1, -0.05) is 18.2 Å². The highest BCUT2D eigenvalue weighted by atomic mass is 19.1. The third-order valence-electron chi connectivity index (χ3n) is 4.78. The van der Waals surface area contributed by atoms with Gasteiger partial charge < -0.3 is 14.4 Å². The lowest BCUT2D eigenvalue weighted by atomic mass is 10.1. The second kappa shape index (κ2) is 8.86. The van der Waals surface area contributed by atoms with Gasteiger partial charge in [-0.2, -0.15) is 0 Å². The fourth-order valence-electron chi connectivity index (χ4n) is 3.16. The summed E-state index contributed by atoms with van der Waals surface area (Å²) in [6, 6.07) is 11.4. The molecule has 1 fully saturated rings. The molecule has 0 spiro atoms. The highest BCUT2D eigenvalue weighted by Crippen LogP contribution is 2.27. The van der Waals surface area contributed by atoms with Crippen LogP contribution in [0.3, 0.4) is 0 Å². The fourth-order valence-corrected chi connectivity index (χ4v) is 3.16. The smallest absolute Gasteiger partial charge is 0.311 e. The Bertz CT molecular complexity index is 943. The predicted molar refractivity (Wildman–Crippen MR) is 104 cm³/mol. The molecule has 1 atom stereocenters. The molecule has 7 heteroatoms. The number of hydrogen-bond acceptors (Lipinski definition) is 5. The number of anilines is 1. The first kappa shape index (κ1) is 20.5. The molecular formula is C22H22FNO5. The second-order valence-electron chi connectivity index (χ2n) is 6.91. The Morgan fingerprint density at radius 1 is 1.17 bits per heavy atom. The van der Waals surface area contributed by atoms with E-state index in [0.717, 1.165) is 0 Å². The number of rotatable bonds is 7. The molecule has 0 bridgehead atoms. The minimum Gasteiger partial charge on any atom is -0.489 e. The average molecular weight is 399 g/mol. The maximum Gasteiger partial charge on any atom is 0.311 e. The molecule has 1 heterocycles. The van der Waals surface area contributed by atoms with Crippen molar-refractivity contribution in [2.45, 2.75) is 20.3 Å². The summed E-state index contributed by atoms with van der Waals surface area (Å²) >= 11 is 0. The lowest BCUT2D eigenvalue weighted by Gasteiger charge is -2.17. The van der Waals surface area contributed by atoms with E-state index in [2.05, 4.69) is 0 Å². The summed E-state index contributed by atoms with van der Waals surface area (Å²) in [7, 11) is 0. The summed E-state index contributed by atoms with van der Waals surface area (Å²) in [4.78, 5) is 37.5. The van der Waals surface area contributed by atoms with Gasteiger partial charge in [-0.05, 0) is 43.7 Å². The van der Waals surface area contributed by atoms with Crippen molar-refractivity contribution in [2.75, 3.05) is 24.7 Å². The van der Waals surface area contributed by atoms with Crippen LogP contribution in [0.15, 0.2) is 42.5 Å². The molecule has 1 saturated heterocycles. The Labute approximate surface area is 168 Å². The van der Waals surface area contributed by atoms with Gasteiger partial charge in [-0.15, -0.1) is 0 Å². The number of hydrogen-bond donors (Lipinski definition) is 0. The van der Waals surface area contributed by atoms with Crippen LogP contribution in [0.5, 0.6) is 5.75 Å². The van der Waals surface area contributed by atoms with E-state index in [-0.39, 0.29) is 37.9 Å². The van der Waals surface area contributed by atoms with Crippen LogP contribution < -0.4 is 9.64 Å². The Kier molecular flexibility index (Phi) is 6.26. The Balaban J connectivity index is 1.51. The molecule has 2 aromatic rings. The molecule has 0 radical (unpaired) electrons. The van der Waals surface area contributed by atoms with Gasteiger partial charge in [0.05, 0.1) is 11.5 Å². The van der Waals surface area contributed by atoms with Crippen LogP contribution in [0.2, 0.25) is 0 Å². The third-order valence-corrected chi connectivity index (χ3v) is 4.78. The van der Waals surface area contributed by atoms with Gasteiger partial charge in [0.25, 0.3) is 0 Å². The standard InChI is InChI=1S/C22H22FNO5/c1-14-7-8-17(12-19(14)23)24-13-16(11-21(24)26)22(27)29-10-9-28-20-6-4-3-5-18(20)15(2)25/h3-8,12,16H,9-11,13H2,1-2H3. The van der Waals surface area contributed by atoms with Crippen molar-refractivity contribution in [3.63, 3.8) is 0 Å². The van der Waals surface area contributed by atoms with Crippen LogP contribution in [0.4, 0.5) is 10.1 Å². The van der Waals surface area contributed by atoms with Gasteiger partial charge in [-0.25, -0.2) is 4.39 Å². The van der Waals surface area contributed by atoms with Crippen molar-refractivity contribution in [3.8, 4) is 5.75 Å². The lowest BCUT2D eigenvalue weighted by molar-refractivity contribution is -0.149. The van der Waals surface area contributed by atoms with Crippen LogP contribution >= 0.6 is 0 Å². The fraction of sp³-hybridized carbons (Fsp3) is 0.318. The third kappa shape index (κ3) is 4.80. The van der Waals surface area contributed by atoms with Crippen molar-refractivity contribution in [2.24, 2.45) is 5.92 Å². The number of para-hydroxylation sites is 1. The van der Waals surface area contributed by atoms with Gasteiger partial charge in [0.1, 0.15) is 24.8 Å². The van der Waals surface area contributed by atoms with E-state index in [0.29, 0.717) is 22.6 Å². The van der Waals surface area contributed by atoms with Crippen LogP contribution in [0.1, 0.15) is 29.3 Å². The minimum absolute atomic E-state index is 0.00504. The molecule has 152 valence electrons. The van der Waals surface area contributed by atoms with Gasteiger partial charge in [0.15, 0.2) is 5.78 Å². The molecule has 1 unspecified atom stereocenters. The van der Waals surface area contributed by atoms with Crippen LogP contribution in [-0.2, 0) is 14.3 Å². The highest BCUT2D eigenvalue weighted by Gasteiger charge is 2.36. The molecule has 0 N–H and O–H groups in total. The van der Waals surface area contributed by atoms with Crippen molar-refractivity contribution >= 4 is 23.3 Å². The zero-order chi connectivity index (χ0) is 21.0. The quantitative estimate of drug-likeness (QED) is 0.406. The van der Waals surface area contributed by atoms with Crippen LogP contribution in [0, 0.1) is 18.7 Å². The number of esters is 1. The van der Waals surface area contributed by atoms with Gasteiger partial charge in [0.2, 0.25) is 5.91 Å². The predicted octanol–water partition coefficient (Wildman–Crippen LogP) is 3.31. The number of halogens is 1. The number of benzene rings is 2. The van der Waals surface area contributed by atoms with E-state index >= 15 is 0 Å². The first-order chi connectivity index (χ1) is 13.9. The number of Topliss-reactive ketones (excluding diaryl/α,β-unsaturated/α-hetero) is 1. The molecule has 29 heavy (non-hydrogen) atoms. The van der Waals surface area contributed by atoms with Crippen molar-refractivity contribution in [1.82, 2.24) is 0 Å². The summed E-state index contributed by atoms with van der Waals surface area (Å²) in [6.07, 6.45) is 0.0162. The van der Waals surface area contributed by atoms with E-state index in [1.165, 1.54) is 17.9 Å². The van der Waals surface area contributed by atoms with Crippen LogP contribution in [-0.4, -0.2) is 37.4 Å². The minimum atomic E-state index is -0.614. The first-order valence-corrected chi connectivity index (χ1v) is 9.32. The van der Waals surface area contributed by atoms with Crippen molar-refractivity contribution < 1.29 is 28.2 Å². The first-order valence-electron chi connectivity index (χ1n) is 9.32. The average Bonchev–Trinajstić information content (AvgIpc) is 3.09. The Morgan fingerprint density at radius 2 is 1.93 bits per heavy atom. The Morgan fingerprint density at radius 3 is 2.66 bits per heavy atom. The number of nitrogens with zero attached hydrogens (tertiary/aromatic N) is 1. The number of amides is 1. The maximum atomic E-state index is 13.8. The number of carbonyl (C=O) groups is 3. The number of ether oxygens (including phenoxy) is 2. The summed E-state index contributed by atoms with van der Waals surface area (Å²) < 4.78 is 24.5. The Hall–Kier alpha value is -3.22. The molecule has 6 nitrogen and oxygen atoms in total. The summed E-state index contributed by atoms with van der Waals surface area (Å²) in [6.45, 7) is 3.32. The SMILES string of the molecule is CC(=O)c1ccccc1OCCOC(=O)C1CC(=O)N(c2ccc(C)c(F)c2)C1. The molecule has 1 amide bonds. The lowest BCUT2D eigenvalue weighted by Crippen LogP contribution is -2.27. The van der Waals surface area contributed by atoms with E-state index in [1.54, 1.807) is 43.3 Å². The van der Waals surface area contributed by atoms with Gasteiger partial charge in [0, 0.05) is 18.7 Å². The van der Waals surface area contributed by atoms with Crippen molar-refractivity contribution in [1.29, 1.82) is 0 Å². The summed E-state index contributed by atoms with van der Waals surface area (Å²) in [5.74, 6) is -1.45. The summed E-state index contributed by atoms with van der Waals surface area (Å²) in [5.41, 5.74) is 1.38. The largest absolute Gasteiger partial charge is 0.489 e. The molecule has 0 saturated carbocycles. The van der Waals surface area contributed by atoms with E-state index in [4.69, 9.17) is 9.47 Å². The molecular weight excluding hydrogens is 377 g/mol. The monoisotopic (exact) mass is 399 g/mol. The number of ketones is 1. The van der Waals surface area contributed by atoms with Crippen molar-refractivity contribution in [3.05, 3.63) is 59.4 Å². The molecule has 0 aromatic heterocycles. The molecule has 2 aromatic carbocycles. The topological polar surface area (TPSA) is 72.9 Å². The zero-order valence-electron chi connectivity index (χ0n) is 16.3. The normalized spacial score (nSPS) is 16.0. The van der Waals surface area contributed by atoms with E-state index in [9.17, 15) is 18.8 Å². The molecule has 0 aliphatic carbocycles. The highest BCUT2D eigenvalue weighted by molar-refractivity contribution is 5.99. The summed E-state index contributed by atoms with van der Waals surface area (Å²) in [5, 5.41) is 0. The zero-order valence-corrected chi connectivity index (χ0v) is 16.3. The maximum absolute atomic E-state index is 13.8. The van der Waals surface area contributed by atoms with E-state index in [1.807, 2.05) is 0 Å². The molecule has 3 rings (SSSR count). The molecule has 1 aliphatic rings. The van der Waals surface area contributed by atoms with Gasteiger partial charge in [-0.3, -0.25) is 14.4 Å². The molecule has 1 aliphatic heterocycles. The van der Waals surface area contributed by atoms with E-state index < -0.39 is 17.7 Å². The van der Waals surface area contributed by atoms with Gasteiger partial charge >= 0.3 is 5.97 Å².